The van der Waals surface area contributed by atoms with Gasteiger partial charge in [0.25, 0.3) is 0 Å². The second kappa shape index (κ2) is 6.14. The highest BCUT2D eigenvalue weighted by molar-refractivity contribution is 8.13. The lowest BCUT2D eigenvalue weighted by Crippen LogP contribution is -1.85. The molecule has 0 saturated carbocycles. The third-order valence-electron chi connectivity index (χ3n) is 1.62. The number of carbonyl (C=O) groups is 2. The Morgan fingerprint density at radius 1 is 1.53 bits per heavy atom. The van der Waals surface area contributed by atoms with E-state index in [2.05, 4.69) is 4.98 Å². The number of nitrogens with zero attached hydrogens (tertiary/aromatic N) is 1. The number of thioether (sulfide) groups is 1. The summed E-state index contributed by atoms with van der Waals surface area (Å²) in [6.45, 7) is 1.54. The highest BCUT2D eigenvalue weighted by atomic mass is 32.2. The summed E-state index contributed by atoms with van der Waals surface area (Å²) in [7, 11) is 0. The predicted molar refractivity (Wildman–Crippen MR) is 61.8 cm³/mol. The fourth-order valence-electron chi connectivity index (χ4n) is 0.919. The largest absolute Gasteiger partial charge is 0.298 e. The van der Waals surface area contributed by atoms with E-state index in [0.29, 0.717) is 11.3 Å². The SMILES string of the molecule is CC(=O)SCC=Cc1ccc(C=O)cn1. The van der Waals surface area contributed by atoms with E-state index in [-0.39, 0.29) is 5.12 Å². The van der Waals surface area contributed by atoms with E-state index in [1.807, 2.05) is 12.2 Å². The van der Waals surface area contributed by atoms with Gasteiger partial charge >= 0.3 is 0 Å². The first-order valence-corrected chi connectivity index (χ1v) is 5.42. The Balaban J connectivity index is 2.49. The molecule has 1 aromatic heterocycles. The summed E-state index contributed by atoms with van der Waals surface area (Å²) in [6, 6.07) is 3.47. The molecular weight excluding hydrogens is 210 g/mol. The summed E-state index contributed by atoms with van der Waals surface area (Å²) >= 11 is 1.25. The number of aromatic nitrogens is 1. The highest BCUT2D eigenvalue weighted by Crippen LogP contribution is 2.04. The summed E-state index contributed by atoms with van der Waals surface area (Å²) in [4.78, 5) is 25.0. The second-order valence-corrected chi connectivity index (χ2v) is 4.04. The second-order valence-electron chi connectivity index (χ2n) is 2.84. The summed E-state index contributed by atoms with van der Waals surface area (Å²) in [5.74, 6) is 0.645. The molecule has 0 unspecified atom stereocenters. The number of rotatable bonds is 4. The average Bonchev–Trinajstić information content (AvgIpc) is 2.25. The lowest BCUT2D eigenvalue weighted by Gasteiger charge is -1.93. The van der Waals surface area contributed by atoms with Gasteiger partial charge in [-0.3, -0.25) is 14.6 Å². The molecule has 1 rings (SSSR count). The Morgan fingerprint density at radius 3 is 2.87 bits per heavy atom. The van der Waals surface area contributed by atoms with Gasteiger partial charge in [0.2, 0.25) is 0 Å². The molecule has 0 aliphatic carbocycles. The van der Waals surface area contributed by atoms with E-state index in [1.165, 1.54) is 24.9 Å². The number of aldehydes is 1. The molecule has 0 fully saturated rings. The van der Waals surface area contributed by atoms with Crippen LogP contribution in [0, 0.1) is 0 Å². The molecule has 4 heteroatoms. The van der Waals surface area contributed by atoms with Crippen LogP contribution >= 0.6 is 11.8 Å². The van der Waals surface area contributed by atoms with Gasteiger partial charge in [0.15, 0.2) is 11.4 Å². The maximum Gasteiger partial charge on any atom is 0.186 e. The van der Waals surface area contributed by atoms with Gasteiger partial charge in [-0.1, -0.05) is 17.8 Å². The van der Waals surface area contributed by atoms with Gasteiger partial charge in [0.1, 0.15) is 0 Å². The topological polar surface area (TPSA) is 47.0 Å². The lowest BCUT2D eigenvalue weighted by atomic mass is 10.2. The molecule has 0 aromatic carbocycles. The molecule has 0 amide bonds. The van der Waals surface area contributed by atoms with E-state index in [1.54, 1.807) is 12.1 Å². The van der Waals surface area contributed by atoms with E-state index in [0.717, 1.165) is 12.0 Å². The number of hydrogen-bond donors (Lipinski definition) is 0. The Kier molecular flexibility index (Phi) is 4.77. The van der Waals surface area contributed by atoms with Crippen molar-refractivity contribution in [2.75, 3.05) is 5.75 Å². The van der Waals surface area contributed by atoms with Gasteiger partial charge in [-0.05, 0) is 18.2 Å². The molecule has 0 N–H and O–H groups in total. The van der Waals surface area contributed by atoms with Gasteiger partial charge in [0.05, 0.1) is 5.69 Å². The summed E-state index contributed by atoms with van der Waals surface area (Å²) in [5.41, 5.74) is 1.34. The van der Waals surface area contributed by atoms with Crippen molar-refractivity contribution in [1.82, 2.24) is 4.98 Å². The monoisotopic (exact) mass is 221 g/mol. The molecule has 3 nitrogen and oxygen atoms in total. The smallest absolute Gasteiger partial charge is 0.186 e. The zero-order chi connectivity index (χ0) is 11.1. The molecule has 1 heterocycles. The van der Waals surface area contributed by atoms with Crippen molar-refractivity contribution in [2.24, 2.45) is 0 Å². The Bertz CT molecular complexity index is 371. The maximum absolute atomic E-state index is 10.6. The van der Waals surface area contributed by atoms with Crippen LogP contribution in [0.25, 0.3) is 6.08 Å². The van der Waals surface area contributed by atoms with Gasteiger partial charge in [0, 0.05) is 24.4 Å². The molecule has 0 aliphatic heterocycles. The Hall–Kier alpha value is -1.42. The minimum Gasteiger partial charge on any atom is -0.298 e. The van der Waals surface area contributed by atoms with Crippen molar-refractivity contribution in [2.45, 2.75) is 6.92 Å². The van der Waals surface area contributed by atoms with E-state index >= 15 is 0 Å². The molecule has 0 spiro atoms. The van der Waals surface area contributed by atoms with Crippen LogP contribution in [0.4, 0.5) is 0 Å². The van der Waals surface area contributed by atoms with Crippen LogP contribution in [0.2, 0.25) is 0 Å². The summed E-state index contributed by atoms with van der Waals surface area (Å²) in [5, 5.41) is 0.101. The van der Waals surface area contributed by atoms with Crippen molar-refractivity contribution < 1.29 is 9.59 Å². The van der Waals surface area contributed by atoms with Crippen LogP contribution in [0.15, 0.2) is 24.4 Å². The van der Waals surface area contributed by atoms with Crippen LogP contribution in [0.1, 0.15) is 23.0 Å². The quantitative estimate of drug-likeness (QED) is 0.731. The van der Waals surface area contributed by atoms with Crippen molar-refractivity contribution in [3.63, 3.8) is 0 Å². The molecule has 0 radical (unpaired) electrons. The van der Waals surface area contributed by atoms with Crippen LogP contribution in [-0.4, -0.2) is 22.1 Å². The van der Waals surface area contributed by atoms with Crippen LogP contribution in [0.5, 0.6) is 0 Å². The van der Waals surface area contributed by atoms with Gasteiger partial charge in [-0.25, -0.2) is 0 Å². The number of hydrogen-bond acceptors (Lipinski definition) is 4. The molecule has 0 bridgehead atoms. The first-order chi connectivity index (χ1) is 7.22. The lowest BCUT2D eigenvalue weighted by molar-refractivity contribution is -0.109. The maximum atomic E-state index is 10.6. The summed E-state index contributed by atoms with van der Waals surface area (Å²) in [6.07, 6.45) is 5.97. The first-order valence-electron chi connectivity index (χ1n) is 4.43. The zero-order valence-electron chi connectivity index (χ0n) is 8.34. The molecule has 78 valence electrons. The minimum atomic E-state index is 0.101. The predicted octanol–water partition coefficient (Wildman–Crippen LogP) is 2.19. The van der Waals surface area contributed by atoms with Crippen molar-refractivity contribution in [3.05, 3.63) is 35.7 Å². The molecule has 15 heavy (non-hydrogen) atoms. The normalized spacial score (nSPS) is 10.5. The zero-order valence-corrected chi connectivity index (χ0v) is 9.16. The third-order valence-corrected chi connectivity index (χ3v) is 2.38. The van der Waals surface area contributed by atoms with Crippen LogP contribution in [-0.2, 0) is 4.79 Å². The highest BCUT2D eigenvalue weighted by Gasteiger charge is 1.92. The van der Waals surface area contributed by atoms with Gasteiger partial charge < -0.3 is 0 Å². The average molecular weight is 221 g/mol. The molecule has 0 aliphatic rings. The van der Waals surface area contributed by atoms with E-state index in [4.69, 9.17) is 0 Å². The number of carbonyl (C=O) groups excluding carboxylic acids is 2. The fraction of sp³-hybridized carbons (Fsp3) is 0.182. The number of pyridine rings is 1. The fourth-order valence-corrected chi connectivity index (χ4v) is 1.35. The molecule has 0 atom stereocenters. The first kappa shape index (κ1) is 11.7. The van der Waals surface area contributed by atoms with Crippen molar-refractivity contribution >= 4 is 29.2 Å². The van der Waals surface area contributed by atoms with Crippen molar-refractivity contribution in [3.8, 4) is 0 Å². The Morgan fingerprint density at radius 2 is 2.33 bits per heavy atom. The minimum absolute atomic E-state index is 0.101. The van der Waals surface area contributed by atoms with E-state index in [9.17, 15) is 9.59 Å². The van der Waals surface area contributed by atoms with Crippen molar-refractivity contribution in [1.29, 1.82) is 0 Å². The van der Waals surface area contributed by atoms with Gasteiger partial charge in [-0.2, -0.15) is 0 Å². The molecular formula is C11H11NO2S. The van der Waals surface area contributed by atoms with E-state index < -0.39 is 0 Å². The summed E-state index contributed by atoms with van der Waals surface area (Å²) < 4.78 is 0. The Labute approximate surface area is 92.6 Å². The molecule has 0 saturated heterocycles. The third kappa shape index (κ3) is 4.56. The van der Waals surface area contributed by atoms with Gasteiger partial charge in [-0.15, -0.1) is 0 Å². The molecule has 1 aromatic rings. The van der Waals surface area contributed by atoms with Crippen LogP contribution in [0.3, 0.4) is 0 Å². The standard InChI is InChI=1S/C11H11NO2S/c1-9(14)15-6-2-3-11-5-4-10(8-13)7-12-11/h2-5,7-8H,6H2,1H3. The van der Waals surface area contributed by atoms with Crippen LogP contribution < -0.4 is 0 Å².